The maximum Gasteiger partial charge on any atom is 0.104 e. The molecule has 0 nitrogen and oxygen atoms in total. The van der Waals surface area contributed by atoms with Crippen LogP contribution < -0.4 is 0 Å². The van der Waals surface area contributed by atoms with E-state index in [1.165, 1.54) is 56.9 Å². The molecule has 0 aromatic heterocycles. The summed E-state index contributed by atoms with van der Waals surface area (Å²) >= 11 is 0. The van der Waals surface area contributed by atoms with E-state index in [0.717, 1.165) is 54.8 Å². The average molecular weight is 389 g/mol. The van der Waals surface area contributed by atoms with Crippen molar-refractivity contribution in [2.24, 2.45) is 46.3 Å². The fourth-order valence-electron chi connectivity index (χ4n) is 8.64. The average Bonchev–Trinajstić information content (AvgIpc) is 2.99. The second-order valence-corrected chi connectivity index (χ2v) is 12.1. The van der Waals surface area contributed by atoms with Gasteiger partial charge in [0, 0.05) is 6.42 Å². The van der Waals surface area contributed by atoms with Crippen molar-refractivity contribution in [1.29, 1.82) is 0 Å². The second-order valence-electron chi connectivity index (χ2n) is 12.1. The topological polar surface area (TPSA) is 0 Å². The Hall–Kier alpha value is -0.330. The lowest BCUT2D eigenvalue weighted by Crippen LogP contribution is -2.50. The van der Waals surface area contributed by atoms with E-state index in [0.29, 0.717) is 10.8 Å². The summed E-state index contributed by atoms with van der Waals surface area (Å²) in [4.78, 5) is 0. The van der Waals surface area contributed by atoms with Crippen LogP contribution in [0, 0.1) is 46.3 Å². The van der Waals surface area contributed by atoms with Crippen LogP contribution in [0.1, 0.15) is 105 Å². The third kappa shape index (κ3) is 3.41. The molecular formula is C27H45F. The fraction of sp³-hybridized carbons (Fsp3) is 0.926. The van der Waals surface area contributed by atoms with E-state index in [-0.39, 0.29) is 0 Å². The molecule has 4 aliphatic carbocycles. The van der Waals surface area contributed by atoms with Crippen molar-refractivity contribution >= 4 is 0 Å². The standard InChI is InChI=1S/C27H45F/c1-18(2)7-6-8-19(3)23-11-12-24-22-10-9-20-17-21(28)13-15-26(20,4)25(22)14-16-27(23,24)5/h9,18-19,21-25H,6-8,10-17H2,1-5H3. The van der Waals surface area contributed by atoms with Gasteiger partial charge >= 0.3 is 0 Å². The van der Waals surface area contributed by atoms with Crippen molar-refractivity contribution in [1.82, 2.24) is 0 Å². The number of allylic oxidation sites excluding steroid dienone is 2. The van der Waals surface area contributed by atoms with Gasteiger partial charge < -0.3 is 0 Å². The van der Waals surface area contributed by atoms with Crippen LogP contribution in [0.2, 0.25) is 0 Å². The quantitative estimate of drug-likeness (QED) is 0.415. The first-order chi connectivity index (χ1) is 13.3. The van der Waals surface area contributed by atoms with E-state index in [4.69, 9.17) is 0 Å². The summed E-state index contributed by atoms with van der Waals surface area (Å²) in [6.07, 6.45) is 15.8. The Bertz CT molecular complexity index is 591. The molecule has 0 spiro atoms. The van der Waals surface area contributed by atoms with E-state index < -0.39 is 6.17 Å². The summed E-state index contributed by atoms with van der Waals surface area (Å²) in [7, 11) is 0. The molecular weight excluding hydrogens is 343 g/mol. The van der Waals surface area contributed by atoms with Crippen molar-refractivity contribution in [2.75, 3.05) is 0 Å². The highest BCUT2D eigenvalue weighted by Crippen LogP contribution is 2.67. The molecule has 0 aromatic carbocycles. The molecule has 0 radical (unpaired) electrons. The fourth-order valence-corrected chi connectivity index (χ4v) is 8.64. The van der Waals surface area contributed by atoms with Crippen LogP contribution in [0.4, 0.5) is 4.39 Å². The van der Waals surface area contributed by atoms with Crippen LogP contribution in [-0.4, -0.2) is 6.17 Å². The van der Waals surface area contributed by atoms with Gasteiger partial charge in [0.2, 0.25) is 0 Å². The largest absolute Gasteiger partial charge is 0.247 e. The molecule has 4 rings (SSSR count). The van der Waals surface area contributed by atoms with Crippen LogP contribution in [0.25, 0.3) is 0 Å². The lowest BCUT2D eigenvalue weighted by Gasteiger charge is -2.58. The highest BCUT2D eigenvalue weighted by Gasteiger charge is 2.59. The molecule has 160 valence electrons. The van der Waals surface area contributed by atoms with Gasteiger partial charge in [0.1, 0.15) is 6.17 Å². The van der Waals surface area contributed by atoms with Crippen LogP contribution in [0.3, 0.4) is 0 Å². The molecule has 3 saturated carbocycles. The third-order valence-corrected chi connectivity index (χ3v) is 10.2. The Balaban J connectivity index is 1.49. The molecule has 4 aliphatic rings. The molecule has 0 bridgehead atoms. The van der Waals surface area contributed by atoms with Gasteiger partial charge in [0.25, 0.3) is 0 Å². The van der Waals surface area contributed by atoms with Gasteiger partial charge in [-0.15, -0.1) is 0 Å². The number of hydrogen-bond donors (Lipinski definition) is 0. The number of alkyl halides is 1. The number of rotatable bonds is 5. The summed E-state index contributed by atoms with van der Waals surface area (Å²) in [5.41, 5.74) is 2.37. The number of halogens is 1. The highest BCUT2D eigenvalue weighted by molar-refractivity contribution is 5.25. The van der Waals surface area contributed by atoms with Gasteiger partial charge in [-0.1, -0.05) is 65.5 Å². The molecule has 0 heterocycles. The highest BCUT2D eigenvalue weighted by atomic mass is 19.1. The van der Waals surface area contributed by atoms with Crippen molar-refractivity contribution in [3.8, 4) is 0 Å². The van der Waals surface area contributed by atoms with Gasteiger partial charge in [-0.05, 0) is 91.3 Å². The molecule has 8 unspecified atom stereocenters. The van der Waals surface area contributed by atoms with E-state index in [2.05, 4.69) is 40.7 Å². The second kappa shape index (κ2) is 7.73. The Morgan fingerprint density at radius 1 is 1.00 bits per heavy atom. The van der Waals surface area contributed by atoms with Crippen LogP contribution in [-0.2, 0) is 0 Å². The molecule has 3 fully saturated rings. The van der Waals surface area contributed by atoms with Crippen molar-refractivity contribution in [2.45, 2.75) is 111 Å². The minimum absolute atomic E-state index is 0.313. The minimum atomic E-state index is -0.577. The van der Waals surface area contributed by atoms with Gasteiger partial charge in [0.05, 0.1) is 0 Å². The summed E-state index contributed by atoms with van der Waals surface area (Å²) in [6, 6.07) is 0. The Labute approximate surface area is 174 Å². The molecule has 0 saturated heterocycles. The summed E-state index contributed by atoms with van der Waals surface area (Å²) in [5.74, 6) is 5.28. The van der Waals surface area contributed by atoms with Crippen LogP contribution in [0.5, 0.6) is 0 Å². The van der Waals surface area contributed by atoms with Crippen molar-refractivity contribution in [3.05, 3.63) is 11.6 Å². The van der Waals surface area contributed by atoms with E-state index in [1.807, 2.05) is 0 Å². The maximum absolute atomic E-state index is 14.1. The first kappa shape index (κ1) is 20.9. The summed E-state index contributed by atoms with van der Waals surface area (Å²) in [5, 5.41) is 0. The zero-order valence-corrected chi connectivity index (χ0v) is 19.3. The summed E-state index contributed by atoms with van der Waals surface area (Å²) in [6.45, 7) is 12.5. The molecule has 0 N–H and O–H groups in total. The maximum atomic E-state index is 14.1. The van der Waals surface area contributed by atoms with Crippen molar-refractivity contribution < 1.29 is 4.39 Å². The molecule has 1 heteroatoms. The lowest BCUT2D eigenvalue weighted by molar-refractivity contribution is -0.0537. The third-order valence-electron chi connectivity index (χ3n) is 10.2. The minimum Gasteiger partial charge on any atom is -0.247 e. The van der Waals surface area contributed by atoms with Crippen LogP contribution in [0.15, 0.2) is 11.6 Å². The zero-order chi connectivity index (χ0) is 20.1. The lowest BCUT2D eigenvalue weighted by atomic mass is 9.47. The van der Waals surface area contributed by atoms with Gasteiger partial charge in [-0.2, -0.15) is 0 Å². The Morgan fingerprint density at radius 3 is 2.54 bits per heavy atom. The van der Waals surface area contributed by atoms with E-state index in [1.54, 1.807) is 0 Å². The monoisotopic (exact) mass is 388 g/mol. The predicted molar refractivity (Wildman–Crippen MR) is 118 cm³/mol. The first-order valence-corrected chi connectivity index (χ1v) is 12.6. The Kier molecular flexibility index (Phi) is 5.78. The molecule has 0 amide bonds. The predicted octanol–water partition coefficient (Wildman–Crippen LogP) is 8.37. The first-order valence-electron chi connectivity index (χ1n) is 12.6. The zero-order valence-electron chi connectivity index (χ0n) is 19.3. The van der Waals surface area contributed by atoms with Crippen molar-refractivity contribution in [3.63, 3.8) is 0 Å². The SMILES string of the molecule is CC(C)CCCC(C)C1CCC2C3CC=C4CC(F)CCC4(C)C3CCC12C. The summed E-state index contributed by atoms with van der Waals surface area (Å²) < 4.78 is 14.1. The molecule has 8 atom stereocenters. The molecule has 28 heavy (non-hydrogen) atoms. The molecule has 0 aromatic rings. The van der Waals surface area contributed by atoms with Crippen LogP contribution >= 0.6 is 0 Å². The van der Waals surface area contributed by atoms with E-state index in [9.17, 15) is 4.39 Å². The number of hydrogen-bond acceptors (Lipinski definition) is 0. The Morgan fingerprint density at radius 2 is 1.79 bits per heavy atom. The van der Waals surface area contributed by atoms with Gasteiger partial charge in [0.15, 0.2) is 0 Å². The number of fused-ring (bicyclic) bond motifs is 5. The van der Waals surface area contributed by atoms with Gasteiger partial charge in [-0.3, -0.25) is 0 Å². The smallest absolute Gasteiger partial charge is 0.104 e. The van der Waals surface area contributed by atoms with E-state index >= 15 is 0 Å². The van der Waals surface area contributed by atoms with Gasteiger partial charge in [-0.25, -0.2) is 4.39 Å². The normalized spacial score (nSPS) is 46.5. The molecule has 0 aliphatic heterocycles.